The molecule has 1 saturated heterocycles. The third-order valence-corrected chi connectivity index (χ3v) is 3.99. The predicted molar refractivity (Wildman–Crippen MR) is 89.6 cm³/mol. The van der Waals surface area contributed by atoms with Crippen LogP contribution in [0.25, 0.3) is 0 Å². The van der Waals surface area contributed by atoms with Gasteiger partial charge in [-0.3, -0.25) is 0 Å². The van der Waals surface area contributed by atoms with Gasteiger partial charge in [-0.2, -0.15) is 0 Å². The molecule has 2 N–H and O–H groups in total. The summed E-state index contributed by atoms with van der Waals surface area (Å²) in [6.45, 7) is 6.57. The van der Waals surface area contributed by atoms with Gasteiger partial charge >= 0.3 is 12.0 Å². The number of carboxylic acid groups (broad SMARTS) is 1. The summed E-state index contributed by atoms with van der Waals surface area (Å²) in [6.07, 6.45) is 0.436. The van der Waals surface area contributed by atoms with E-state index in [0.717, 1.165) is 18.8 Å². The Kier molecular flexibility index (Phi) is 5.84. The number of nitrogens with zero attached hydrogens (tertiary/aromatic N) is 2. The molecule has 23 heavy (non-hydrogen) atoms. The summed E-state index contributed by atoms with van der Waals surface area (Å²) in [5, 5.41) is 11.9. The van der Waals surface area contributed by atoms with Gasteiger partial charge in [0.25, 0.3) is 0 Å². The average molecular weight is 319 g/mol. The first-order valence-corrected chi connectivity index (χ1v) is 8.05. The predicted octanol–water partition coefficient (Wildman–Crippen LogP) is 2.02. The van der Waals surface area contributed by atoms with Crippen LogP contribution in [-0.2, 0) is 4.79 Å². The minimum atomic E-state index is -0.977. The quantitative estimate of drug-likeness (QED) is 0.871. The van der Waals surface area contributed by atoms with E-state index in [-0.39, 0.29) is 11.9 Å². The first-order chi connectivity index (χ1) is 11.0. The van der Waals surface area contributed by atoms with Crippen LogP contribution < -0.4 is 10.2 Å². The molecule has 6 heteroatoms. The molecule has 0 aromatic heterocycles. The van der Waals surface area contributed by atoms with Gasteiger partial charge in [-0.1, -0.05) is 32.0 Å². The van der Waals surface area contributed by atoms with Crippen LogP contribution in [0.4, 0.5) is 10.5 Å². The Morgan fingerprint density at radius 1 is 1.13 bits per heavy atom. The van der Waals surface area contributed by atoms with Crippen LogP contribution in [0, 0.1) is 5.92 Å². The largest absolute Gasteiger partial charge is 0.480 e. The van der Waals surface area contributed by atoms with Crippen LogP contribution in [0.1, 0.15) is 20.3 Å². The van der Waals surface area contributed by atoms with Crippen molar-refractivity contribution in [2.24, 2.45) is 5.92 Å². The number of nitrogens with one attached hydrogen (secondary N) is 1. The molecule has 0 unspecified atom stereocenters. The monoisotopic (exact) mass is 319 g/mol. The summed E-state index contributed by atoms with van der Waals surface area (Å²) < 4.78 is 0. The van der Waals surface area contributed by atoms with Crippen molar-refractivity contribution < 1.29 is 14.7 Å². The van der Waals surface area contributed by atoms with Crippen molar-refractivity contribution in [1.29, 1.82) is 0 Å². The topological polar surface area (TPSA) is 72.9 Å². The van der Waals surface area contributed by atoms with Gasteiger partial charge in [0.05, 0.1) is 0 Å². The highest BCUT2D eigenvalue weighted by atomic mass is 16.4. The molecule has 1 aliphatic rings. The van der Waals surface area contributed by atoms with E-state index < -0.39 is 12.0 Å². The van der Waals surface area contributed by atoms with Gasteiger partial charge in [-0.05, 0) is 24.5 Å². The number of para-hydroxylation sites is 1. The lowest BCUT2D eigenvalue weighted by Gasteiger charge is -2.36. The number of benzene rings is 1. The molecule has 1 aliphatic heterocycles. The highest BCUT2D eigenvalue weighted by Gasteiger charge is 2.26. The minimum absolute atomic E-state index is 0.214. The van der Waals surface area contributed by atoms with E-state index in [0.29, 0.717) is 19.5 Å². The number of hydrogen-bond acceptors (Lipinski definition) is 3. The van der Waals surface area contributed by atoms with E-state index >= 15 is 0 Å². The molecule has 1 heterocycles. The molecule has 126 valence electrons. The highest BCUT2D eigenvalue weighted by molar-refractivity contribution is 5.82. The van der Waals surface area contributed by atoms with Gasteiger partial charge in [0.1, 0.15) is 6.04 Å². The number of amides is 2. The number of aliphatic carboxylic acids is 1. The summed E-state index contributed by atoms with van der Waals surface area (Å²) in [5.41, 5.74) is 1.15. The van der Waals surface area contributed by atoms with Crippen LogP contribution in [0.2, 0.25) is 0 Å². The lowest BCUT2D eigenvalue weighted by Crippen LogP contribution is -2.54. The SMILES string of the molecule is CC(C)C[C@H](NC(=O)N1CCN(c2ccccc2)CC1)C(=O)O. The zero-order valence-electron chi connectivity index (χ0n) is 13.7. The smallest absolute Gasteiger partial charge is 0.326 e. The molecule has 1 aromatic rings. The molecule has 0 aliphatic carbocycles. The Bertz CT molecular complexity index is 525. The third-order valence-electron chi connectivity index (χ3n) is 3.99. The molecule has 0 bridgehead atoms. The summed E-state index contributed by atoms with van der Waals surface area (Å²) in [5.74, 6) is -0.763. The molecule has 1 atom stereocenters. The van der Waals surface area contributed by atoms with E-state index in [2.05, 4.69) is 22.3 Å². The normalized spacial score (nSPS) is 16.3. The molecular weight excluding hydrogens is 294 g/mol. The number of anilines is 1. The van der Waals surface area contributed by atoms with Gasteiger partial charge < -0.3 is 20.2 Å². The van der Waals surface area contributed by atoms with Crippen molar-refractivity contribution in [2.45, 2.75) is 26.3 Å². The van der Waals surface area contributed by atoms with Gasteiger partial charge in [0, 0.05) is 31.9 Å². The molecule has 2 amide bonds. The summed E-state index contributed by atoms with van der Waals surface area (Å²) >= 11 is 0. The van der Waals surface area contributed by atoms with Crippen molar-refractivity contribution in [1.82, 2.24) is 10.2 Å². The van der Waals surface area contributed by atoms with Gasteiger partial charge in [-0.15, -0.1) is 0 Å². The Balaban J connectivity index is 1.86. The highest BCUT2D eigenvalue weighted by Crippen LogP contribution is 2.15. The average Bonchev–Trinajstić information content (AvgIpc) is 2.54. The third kappa shape index (κ3) is 4.87. The first-order valence-electron chi connectivity index (χ1n) is 8.05. The Morgan fingerprint density at radius 3 is 2.26 bits per heavy atom. The number of piperazine rings is 1. The van der Waals surface area contributed by atoms with E-state index in [1.54, 1.807) is 4.90 Å². The number of urea groups is 1. The van der Waals surface area contributed by atoms with Gasteiger partial charge in [0.15, 0.2) is 0 Å². The van der Waals surface area contributed by atoms with E-state index in [1.165, 1.54) is 0 Å². The Morgan fingerprint density at radius 2 is 1.74 bits per heavy atom. The van der Waals surface area contributed by atoms with Gasteiger partial charge in [0.2, 0.25) is 0 Å². The van der Waals surface area contributed by atoms with Crippen LogP contribution in [0.15, 0.2) is 30.3 Å². The van der Waals surface area contributed by atoms with Crippen LogP contribution in [0.5, 0.6) is 0 Å². The van der Waals surface area contributed by atoms with E-state index in [4.69, 9.17) is 0 Å². The van der Waals surface area contributed by atoms with Crippen LogP contribution in [0.3, 0.4) is 0 Å². The van der Waals surface area contributed by atoms with Crippen molar-refractivity contribution in [3.8, 4) is 0 Å². The number of rotatable bonds is 5. The Labute approximate surface area is 137 Å². The fourth-order valence-corrected chi connectivity index (χ4v) is 2.74. The molecule has 0 saturated carbocycles. The molecular formula is C17H25N3O3. The summed E-state index contributed by atoms with van der Waals surface area (Å²) in [7, 11) is 0. The van der Waals surface area contributed by atoms with Crippen LogP contribution in [-0.4, -0.2) is 54.2 Å². The first kappa shape index (κ1) is 17.1. The maximum absolute atomic E-state index is 12.3. The molecule has 0 spiro atoms. The standard InChI is InChI=1S/C17H25N3O3/c1-13(2)12-15(16(21)22)18-17(23)20-10-8-19(9-11-20)14-6-4-3-5-7-14/h3-7,13,15H,8-12H2,1-2H3,(H,18,23)(H,21,22)/t15-/m0/s1. The second-order valence-electron chi connectivity index (χ2n) is 6.28. The van der Waals surface area contributed by atoms with Crippen molar-refractivity contribution in [3.63, 3.8) is 0 Å². The van der Waals surface area contributed by atoms with Crippen molar-refractivity contribution in [3.05, 3.63) is 30.3 Å². The molecule has 2 rings (SSSR count). The molecule has 1 aromatic carbocycles. The zero-order valence-corrected chi connectivity index (χ0v) is 13.7. The number of carbonyl (C=O) groups is 2. The number of hydrogen-bond donors (Lipinski definition) is 2. The molecule has 6 nitrogen and oxygen atoms in total. The molecule has 1 fully saturated rings. The summed E-state index contributed by atoms with van der Waals surface area (Å²) in [6, 6.07) is 8.97. The van der Waals surface area contributed by atoms with E-state index in [9.17, 15) is 14.7 Å². The van der Waals surface area contributed by atoms with Crippen molar-refractivity contribution in [2.75, 3.05) is 31.1 Å². The molecule has 0 radical (unpaired) electrons. The maximum Gasteiger partial charge on any atom is 0.326 e. The lowest BCUT2D eigenvalue weighted by molar-refractivity contribution is -0.139. The lowest BCUT2D eigenvalue weighted by atomic mass is 10.0. The maximum atomic E-state index is 12.3. The Hall–Kier alpha value is -2.24. The fourth-order valence-electron chi connectivity index (χ4n) is 2.74. The number of carbonyl (C=O) groups excluding carboxylic acids is 1. The zero-order chi connectivity index (χ0) is 16.8. The van der Waals surface area contributed by atoms with E-state index in [1.807, 2.05) is 32.0 Å². The van der Waals surface area contributed by atoms with Crippen molar-refractivity contribution >= 4 is 17.7 Å². The minimum Gasteiger partial charge on any atom is -0.480 e. The second-order valence-corrected chi connectivity index (χ2v) is 6.28. The summed E-state index contributed by atoms with van der Waals surface area (Å²) in [4.78, 5) is 27.4. The second kappa shape index (κ2) is 7.85. The van der Waals surface area contributed by atoms with Crippen LogP contribution >= 0.6 is 0 Å². The van der Waals surface area contributed by atoms with Gasteiger partial charge in [-0.25, -0.2) is 9.59 Å². The fraction of sp³-hybridized carbons (Fsp3) is 0.529. The number of carboxylic acids is 1.